The van der Waals surface area contributed by atoms with Crippen LogP contribution in [0, 0.1) is 0 Å². The molecule has 8 heteroatoms. The van der Waals surface area contributed by atoms with Gasteiger partial charge in [-0.15, -0.1) is 0 Å². The highest BCUT2D eigenvalue weighted by Crippen LogP contribution is 2.31. The number of furan rings is 1. The van der Waals surface area contributed by atoms with Crippen LogP contribution in [-0.2, 0) is 5.60 Å². The second-order valence-corrected chi connectivity index (χ2v) is 6.81. The van der Waals surface area contributed by atoms with Crippen molar-refractivity contribution in [1.82, 2.24) is 14.1 Å². The average molecular weight is 371 g/mol. The molecule has 1 aromatic carbocycles. The van der Waals surface area contributed by atoms with E-state index < -0.39 is 5.60 Å². The third kappa shape index (κ3) is 2.95. The van der Waals surface area contributed by atoms with Gasteiger partial charge in [0.15, 0.2) is 5.60 Å². The fourth-order valence-corrected chi connectivity index (χ4v) is 3.82. The van der Waals surface area contributed by atoms with Crippen molar-refractivity contribution in [2.45, 2.75) is 5.60 Å². The van der Waals surface area contributed by atoms with Gasteiger partial charge in [0.1, 0.15) is 16.8 Å². The molecule has 0 aliphatic carbocycles. The number of hydrogen-bond donors (Lipinski definition) is 2. The summed E-state index contributed by atoms with van der Waals surface area (Å²) < 4.78 is 13.7. The molecule has 0 bridgehead atoms. The van der Waals surface area contributed by atoms with Crippen LogP contribution in [0.1, 0.15) is 21.7 Å². The van der Waals surface area contributed by atoms with Crippen molar-refractivity contribution in [1.29, 1.82) is 0 Å². The van der Waals surface area contributed by atoms with E-state index in [0.717, 1.165) is 17.2 Å². The van der Waals surface area contributed by atoms with E-state index in [-0.39, 0.29) is 12.5 Å². The van der Waals surface area contributed by atoms with Gasteiger partial charge in [0.2, 0.25) is 0 Å². The number of carbonyl (C=O) groups excluding carboxylic acids is 1. The van der Waals surface area contributed by atoms with Gasteiger partial charge in [-0.1, -0.05) is 0 Å². The third-order valence-corrected chi connectivity index (χ3v) is 5.19. The van der Waals surface area contributed by atoms with Crippen molar-refractivity contribution in [2.75, 3.05) is 6.54 Å². The molecule has 0 fully saturated rings. The van der Waals surface area contributed by atoms with Crippen molar-refractivity contribution >= 4 is 40.0 Å². The molecule has 1 amide bonds. The fourth-order valence-electron chi connectivity index (χ4n) is 2.58. The van der Waals surface area contributed by atoms with Crippen LogP contribution in [0.4, 0.5) is 0 Å². The van der Waals surface area contributed by atoms with E-state index in [0.29, 0.717) is 22.4 Å². The van der Waals surface area contributed by atoms with Crippen molar-refractivity contribution in [3.05, 3.63) is 70.3 Å². The molecule has 126 valence electrons. The summed E-state index contributed by atoms with van der Waals surface area (Å²) in [7, 11) is 0. The highest BCUT2D eigenvalue weighted by Gasteiger charge is 2.35. The quantitative estimate of drug-likeness (QED) is 0.563. The highest BCUT2D eigenvalue weighted by molar-refractivity contribution is 7.08. The SMILES string of the molecule is O=C(NC[C@@](O)(c1ccsc1)c1ccco1)c1ccc2nsnc2c1. The van der Waals surface area contributed by atoms with Gasteiger partial charge >= 0.3 is 0 Å². The smallest absolute Gasteiger partial charge is 0.251 e. The molecule has 0 radical (unpaired) electrons. The molecule has 3 heterocycles. The van der Waals surface area contributed by atoms with Gasteiger partial charge in [-0.25, -0.2) is 0 Å². The van der Waals surface area contributed by atoms with Crippen LogP contribution in [-0.4, -0.2) is 26.3 Å². The molecule has 4 aromatic rings. The third-order valence-electron chi connectivity index (χ3n) is 3.95. The lowest BCUT2D eigenvalue weighted by molar-refractivity contribution is 0.0529. The van der Waals surface area contributed by atoms with Gasteiger partial charge in [0.25, 0.3) is 5.91 Å². The Labute approximate surface area is 151 Å². The molecule has 1 atom stereocenters. The molecular formula is C17H13N3O3S2. The van der Waals surface area contributed by atoms with Crippen molar-refractivity contribution in [3.8, 4) is 0 Å². The maximum absolute atomic E-state index is 12.5. The van der Waals surface area contributed by atoms with Crippen LogP contribution < -0.4 is 5.32 Å². The number of rotatable bonds is 5. The number of amides is 1. The lowest BCUT2D eigenvalue weighted by atomic mass is 9.93. The second kappa shape index (κ2) is 6.40. The van der Waals surface area contributed by atoms with Crippen LogP contribution in [0.5, 0.6) is 0 Å². The van der Waals surface area contributed by atoms with Crippen LogP contribution in [0.15, 0.2) is 57.8 Å². The molecule has 0 saturated heterocycles. The summed E-state index contributed by atoms with van der Waals surface area (Å²) in [6, 6.07) is 10.3. The summed E-state index contributed by atoms with van der Waals surface area (Å²) in [5, 5.41) is 17.6. The Balaban J connectivity index is 1.58. The molecule has 0 saturated carbocycles. The maximum Gasteiger partial charge on any atom is 0.251 e. The normalized spacial score (nSPS) is 13.6. The van der Waals surface area contributed by atoms with E-state index in [1.54, 1.807) is 30.3 Å². The molecule has 0 unspecified atom stereocenters. The van der Waals surface area contributed by atoms with E-state index >= 15 is 0 Å². The number of nitrogens with one attached hydrogen (secondary N) is 1. The van der Waals surface area contributed by atoms with Crippen LogP contribution in [0.3, 0.4) is 0 Å². The molecule has 0 aliphatic heterocycles. The average Bonchev–Trinajstić information content (AvgIpc) is 3.40. The number of benzene rings is 1. The highest BCUT2D eigenvalue weighted by atomic mass is 32.1. The predicted molar refractivity (Wildman–Crippen MR) is 95.8 cm³/mol. The van der Waals surface area contributed by atoms with Crippen molar-refractivity contribution < 1.29 is 14.3 Å². The largest absolute Gasteiger partial charge is 0.466 e. The van der Waals surface area contributed by atoms with Gasteiger partial charge in [0, 0.05) is 11.1 Å². The number of thiophene rings is 1. The first-order valence-electron chi connectivity index (χ1n) is 7.46. The van der Waals surface area contributed by atoms with E-state index in [9.17, 15) is 9.90 Å². The fraction of sp³-hybridized carbons (Fsp3) is 0.118. The molecule has 25 heavy (non-hydrogen) atoms. The van der Waals surface area contributed by atoms with E-state index in [2.05, 4.69) is 14.1 Å². The first kappa shape index (κ1) is 15.9. The Bertz CT molecular complexity index is 959. The number of hydrogen-bond acceptors (Lipinski definition) is 7. The molecule has 4 rings (SSSR count). The maximum atomic E-state index is 12.5. The second-order valence-electron chi connectivity index (χ2n) is 5.50. The van der Waals surface area contributed by atoms with E-state index in [1.807, 2.05) is 16.8 Å². The zero-order chi connectivity index (χ0) is 17.3. The van der Waals surface area contributed by atoms with Crippen molar-refractivity contribution in [3.63, 3.8) is 0 Å². The van der Waals surface area contributed by atoms with Crippen LogP contribution in [0.25, 0.3) is 11.0 Å². The minimum absolute atomic E-state index is 0.0105. The lowest BCUT2D eigenvalue weighted by Gasteiger charge is -2.25. The van der Waals surface area contributed by atoms with Gasteiger partial charge in [-0.2, -0.15) is 20.1 Å². The first-order chi connectivity index (χ1) is 12.2. The topological polar surface area (TPSA) is 88.2 Å². The zero-order valence-electron chi connectivity index (χ0n) is 12.9. The van der Waals surface area contributed by atoms with Gasteiger partial charge in [0.05, 0.1) is 24.5 Å². The monoisotopic (exact) mass is 371 g/mol. The summed E-state index contributed by atoms with van der Waals surface area (Å²) in [5.41, 5.74) is 1.15. The summed E-state index contributed by atoms with van der Waals surface area (Å²) in [5.74, 6) is 0.0838. The minimum atomic E-state index is -1.43. The first-order valence-corrected chi connectivity index (χ1v) is 9.14. The Morgan fingerprint density at radius 2 is 2.12 bits per heavy atom. The van der Waals surface area contributed by atoms with Crippen LogP contribution >= 0.6 is 23.1 Å². The number of aromatic nitrogens is 2. The summed E-state index contributed by atoms with van der Waals surface area (Å²) in [6.07, 6.45) is 1.50. The van der Waals surface area contributed by atoms with Gasteiger partial charge in [-0.05, 0) is 47.2 Å². The summed E-state index contributed by atoms with van der Waals surface area (Å²) in [4.78, 5) is 12.5. The predicted octanol–water partition coefficient (Wildman–Crippen LogP) is 3.01. The van der Waals surface area contributed by atoms with Gasteiger partial charge < -0.3 is 14.8 Å². The lowest BCUT2D eigenvalue weighted by Crippen LogP contribution is -2.41. The molecule has 0 aliphatic rings. The number of nitrogens with zero attached hydrogens (tertiary/aromatic N) is 2. The Morgan fingerprint density at radius 3 is 2.88 bits per heavy atom. The van der Waals surface area contributed by atoms with Gasteiger partial charge in [-0.3, -0.25) is 4.79 Å². The summed E-state index contributed by atoms with van der Waals surface area (Å²) in [6.45, 7) is -0.0105. The Morgan fingerprint density at radius 1 is 1.24 bits per heavy atom. The summed E-state index contributed by atoms with van der Waals surface area (Å²) >= 11 is 2.57. The number of aliphatic hydroxyl groups is 1. The molecule has 6 nitrogen and oxygen atoms in total. The van der Waals surface area contributed by atoms with E-state index in [4.69, 9.17) is 4.42 Å². The molecular weight excluding hydrogens is 358 g/mol. The molecule has 0 spiro atoms. The minimum Gasteiger partial charge on any atom is -0.466 e. The zero-order valence-corrected chi connectivity index (χ0v) is 14.5. The Kier molecular flexibility index (Phi) is 4.08. The molecule has 3 aromatic heterocycles. The standard InChI is InChI=1S/C17H13N3O3S2/c21-16(11-3-4-13-14(8-11)20-25-19-13)18-10-17(22,12-5-7-24-9-12)15-2-1-6-23-15/h1-9,22H,10H2,(H,18,21)/t17-/m1/s1. The Hall–Kier alpha value is -2.55. The number of fused-ring (bicyclic) bond motifs is 1. The number of carbonyl (C=O) groups is 1. The van der Waals surface area contributed by atoms with Crippen LogP contribution in [0.2, 0.25) is 0 Å². The van der Waals surface area contributed by atoms with Crippen molar-refractivity contribution in [2.24, 2.45) is 0 Å². The molecule has 2 N–H and O–H groups in total. The van der Waals surface area contributed by atoms with E-state index in [1.165, 1.54) is 17.6 Å².